The summed E-state index contributed by atoms with van der Waals surface area (Å²) in [5.41, 5.74) is 4.14. The van der Waals surface area contributed by atoms with Crippen LogP contribution in [-0.2, 0) is 17.9 Å². The van der Waals surface area contributed by atoms with Crippen molar-refractivity contribution in [3.05, 3.63) is 52.3 Å². The van der Waals surface area contributed by atoms with Crippen LogP contribution in [-0.4, -0.2) is 44.7 Å². The Hall–Kier alpha value is -2.60. The number of hydrogen-bond donors (Lipinski definition) is 0. The molecule has 0 spiro atoms. The summed E-state index contributed by atoms with van der Waals surface area (Å²) in [6.07, 6.45) is 5.00. The third-order valence-corrected chi connectivity index (χ3v) is 6.77. The van der Waals surface area contributed by atoms with Gasteiger partial charge in [-0.05, 0) is 63.8 Å². The first-order valence-electron chi connectivity index (χ1n) is 11.6. The fourth-order valence-electron chi connectivity index (χ4n) is 4.73. The van der Waals surface area contributed by atoms with Crippen LogP contribution in [0.3, 0.4) is 0 Å². The van der Waals surface area contributed by atoms with Crippen LogP contribution in [0.4, 0.5) is 5.82 Å². The number of carbonyl (C=O) groups excluding carboxylic acids is 1. The van der Waals surface area contributed by atoms with Crippen LogP contribution in [0.15, 0.2) is 30.3 Å². The zero-order valence-electron chi connectivity index (χ0n) is 18.9. The van der Waals surface area contributed by atoms with Crippen molar-refractivity contribution in [3.63, 3.8) is 0 Å². The Kier molecular flexibility index (Phi) is 5.80. The number of carbonyl (C=O) groups is 1. The molecule has 1 aliphatic heterocycles. The largest absolute Gasteiger partial charge is 0.356 e. The number of fused-ring (bicyclic) bond motifs is 1. The maximum Gasteiger partial charge on any atom is 0.224 e. The molecule has 1 saturated heterocycles. The van der Waals surface area contributed by atoms with Gasteiger partial charge in [0.05, 0.1) is 11.2 Å². The Balaban J connectivity index is 1.41. The third kappa shape index (κ3) is 4.46. The molecular formula is C25H30ClN5O. The molecule has 3 aromatic rings. The molecule has 2 fully saturated rings. The third-order valence-electron chi connectivity index (χ3n) is 6.53. The number of amides is 1. The molecule has 1 aromatic carbocycles. The molecule has 7 heteroatoms. The summed E-state index contributed by atoms with van der Waals surface area (Å²) in [5.74, 6) is 1.21. The normalized spacial score (nSPS) is 16.2. The van der Waals surface area contributed by atoms with Crippen LogP contribution >= 0.6 is 11.6 Å². The Morgan fingerprint density at radius 2 is 1.94 bits per heavy atom. The zero-order valence-corrected chi connectivity index (χ0v) is 19.6. The van der Waals surface area contributed by atoms with Gasteiger partial charge in [-0.2, -0.15) is 5.10 Å². The SMILES string of the molecule is Cc1cc(C)n(CCC(=O)N(Cc2cc3ccc(Cl)cc3nc2N2CCCC2)C2CC2)n1. The maximum atomic E-state index is 13.3. The standard InChI is InChI=1S/C25H30ClN5O/c1-17-13-18(2)31(28-17)12-9-24(32)30(22-7-8-22)16-20-14-19-5-6-21(26)15-23(19)27-25(20)29-10-3-4-11-29/h5-6,13-15,22H,3-4,7-12,16H2,1-2H3. The zero-order chi connectivity index (χ0) is 22.2. The van der Waals surface area contributed by atoms with Crippen LogP contribution in [0, 0.1) is 13.8 Å². The highest BCUT2D eigenvalue weighted by Crippen LogP contribution is 2.33. The summed E-state index contributed by atoms with van der Waals surface area (Å²) in [6.45, 7) is 7.29. The van der Waals surface area contributed by atoms with Crippen LogP contribution in [0.5, 0.6) is 0 Å². The minimum Gasteiger partial charge on any atom is -0.356 e. The lowest BCUT2D eigenvalue weighted by molar-refractivity contribution is -0.132. The quantitative estimate of drug-likeness (QED) is 0.513. The van der Waals surface area contributed by atoms with Crippen LogP contribution in [0.25, 0.3) is 10.9 Å². The average Bonchev–Trinajstić information content (AvgIpc) is 3.35. The number of halogens is 1. The smallest absolute Gasteiger partial charge is 0.224 e. The molecular weight excluding hydrogens is 422 g/mol. The molecule has 0 atom stereocenters. The molecule has 0 bridgehead atoms. The molecule has 0 unspecified atom stereocenters. The number of benzene rings is 1. The summed E-state index contributed by atoms with van der Waals surface area (Å²) in [5, 5.41) is 6.28. The van der Waals surface area contributed by atoms with Crippen molar-refractivity contribution in [1.82, 2.24) is 19.7 Å². The summed E-state index contributed by atoms with van der Waals surface area (Å²) in [6, 6.07) is 10.5. The van der Waals surface area contributed by atoms with Gasteiger partial charge in [-0.3, -0.25) is 9.48 Å². The van der Waals surface area contributed by atoms with Gasteiger partial charge in [0.15, 0.2) is 0 Å². The van der Waals surface area contributed by atoms with Crippen LogP contribution < -0.4 is 4.90 Å². The molecule has 2 aliphatic rings. The molecule has 168 valence electrons. The van der Waals surface area contributed by atoms with E-state index in [1.165, 1.54) is 12.8 Å². The highest BCUT2D eigenvalue weighted by Gasteiger charge is 2.33. The van der Waals surface area contributed by atoms with Gasteiger partial charge < -0.3 is 9.80 Å². The second kappa shape index (κ2) is 8.74. The minimum absolute atomic E-state index is 0.198. The number of anilines is 1. The van der Waals surface area contributed by atoms with E-state index in [0.717, 1.165) is 59.6 Å². The predicted octanol–water partition coefficient (Wildman–Crippen LogP) is 4.88. The van der Waals surface area contributed by atoms with Crippen molar-refractivity contribution in [2.24, 2.45) is 0 Å². The summed E-state index contributed by atoms with van der Waals surface area (Å²) < 4.78 is 1.94. The van der Waals surface area contributed by atoms with Crippen LogP contribution in [0.1, 0.15) is 49.1 Å². The number of nitrogens with zero attached hydrogens (tertiary/aromatic N) is 5. The fraction of sp³-hybridized carbons (Fsp3) is 0.480. The van der Waals surface area contributed by atoms with Gasteiger partial charge in [-0.25, -0.2) is 4.98 Å². The van der Waals surface area contributed by atoms with Gasteiger partial charge >= 0.3 is 0 Å². The van der Waals surface area contributed by atoms with Gasteiger partial charge in [0, 0.05) is 60.3 Å². The van der Waals surface area contributed by atoms with Gasteiger partial charge in [-0.1, -0.05) is 17.7 Å². The van der Waals surface area contributed by atoms with E-state index in [1.807, 2.05) is 36.7 Å². The van der Waals surface area contributed by atoms with E-state index in [4.69, 9.17) is 16.6 Å². The molecule has 1 aliphatic carbocycles. The van der Waals surface area contributed by atoms with E-state index in [1.54, 1.807) is 0 Å². The summed E-state index contributed by atoms with van der Waals surface area (Å²) in [7, 11) is 0. The number of hydrogen-bond acceptors (Lipinski definition) is 4. The Labute approximate surface area is 194 Å². The van der Waals surface area contributed by atoms with Crippen molar-refractivity contribution >= 4 is 34.2 Å². The van der Waals surface area contributed by atoms with Crippen molar-refractivity contribution in [3.8, 4) is 0 Å². The molecule has 0 radical (unpaired) electrons. The molecule has 1 saturated carbocycles. The van der Waals surface area contributed by atoms with E-state index in [-0.39, 0.29) is 5.91 Å². The first-order valence-corrected chi connectivity index (χ1v) is 12.0. The average molecular weight is 452 g/mol. The minimum atomic E-state index is 0.198. The van der Waals surface area contributed by atoms with Crippen molar-refractivity contribution in [1.29, 1.82) is 0 Å². The molecule has 6 nitrogen and oxygen atoms in total. The highest BCUT2D eigenvalue weighted by atomic mass is 35.5. The number of aromatic nitrogens is 3. The lowest BCUT2D eigenvalue weighted by Crippen LogP contribution is -2.34. The highest BCUT2D eigenvalue weighted by molar-refractivity contribution is 6.31. The lowest BCUT2D eigenvalue weighted by atomic mass is 10.1. The lowest BCUT2D eigenvalue weighted by Gasteiger charge is -2.27. The summed E-state index contributed by atoms with van der Waals surface area (Å²) >= 11 is 6.23. The van der Waals surface area contributed by atoms with Crippen molar-refractivity contribution < 1.29 is 4.79 Å². The van der Waals surface area contributed by atoms with Gasteiger partial charge in [-0.15, -0.1) is 0 Å². The van der Waals surface area contributed by atoms with Gasteiger partial charge in [0.1, 0.15) is 5.82 Å². The monoisotopic (exact) mass is 451 g/mol. The number of pyridine rings is 1. The van der Waals surface area contributed by atoms with Crippen molar-refractivity contribution in [2.45, 2.75) is 65.1 Å². The van der Waals surface area contributed by atoms with E-state index in [9.17, 15) is 4.79 Å². The van der Waals surface area contributed by atoms with E-state index in [2.05, 4.69) is 27.0 Å². The Morgan fingerprint density at radius 3 is 2.62 bits per heavy atom. The van der Waals surface area contributed by atoms with E-state index < -0.39 is 0 Å². The molecule has 3 heterocycles. The predicted molar refractivity (Wildman–Crippen MR) is 128 cm³/mol. The van der Waals surface area contributed by atoms with Crippen LogP contribution in [0.2, 0.25) is 5.02 Å². The van der Waals surface area contributed by atoms with Crippen molar-refractivity contribution in [2.75, 3.05) is 18.0 Å². The first kappa shape index (κ1) is 21.3. The maximum absolute atomic E-state index is 13.3. The second-order valence-corrected chi connectivity index (χ2v) is 9.59. The van der Waals surface area contributed by atoms with E-state index >= 15 is 0 Å². The Bertz CT molecular complexity index is 1150. The molecule has 2 aromatic heterocycles. The van der Waals surface area contributed by atoms with E-state index in [0.29, 0.717) is 30.6 Å². The molecule has 0 N–H and O–H groups in total. The van der Waals surface area contributed by atoms with Gasteiger partial charge in [0.2, 0.25) is 5.91 Å². The summed E-state index contributed by atoms with van der Waals surface area (Å²) in [4.78, 5) is 22.7. The Morgan fingerprint density at radius 1 is 1.16 bits per heavy atom. The molecule has 32 heavy (non-hydrogen) atoms. The molecule has 5 rings (SSSR count). The first-order chi connectivity index (χ1) is 15.5. The number of aryl methyl sites for hydroxylation is 3. The van der Waals surface area contributed by atoms with Gasteiger partial charge in [0.25, 0.3) is 0 Å². The second-order valence-electron chi connectivity index (χ2n) is 9.16. The number of rotatable bonds is 7. The topological polar surface area (TPSA) is 54.3 Å². The molecule has 1 amide bonds. The fourth-order valence-corrected chi connectivity index (χ4v) is 4.90.